The van der Waals surface area contributed by atoms with Crippen LogP contribution in [-0.4, -0.2) is 22.5 Å². The minimum atomic E-state index is -0.903. The first-order valence-electron chi connectivity index (χ1n) is 10.6. The van der Waals surface area contributed by atoms with Gasteiger partial charge in [0.05, 0.1) is 11.2 Å². The van der Waals surface area contributed by atoms with Crippen molar-refractivity contribution in [1.29, 1.82) is 0 Å². The Bertz CT molecular complexity index is 812. The second-order valence-corrected chi connectivity index (χ2v) is 8.35. The lowest BCUT2D eigenvalue weighted by atomic mass is 9.81. The smallest absolute Gasteiger partial charge is 0.343 e. The zero-order valence-corrected chi connectivity index (χ0v) is 16.3. The van der Waals surface area contributed by atoms with Crippen LogP contribution in [0.25, 0.3) is 0 Å². The molecule has 1 N–H and O–H groups in total. The topological polar surface area (TPSA) is 63.6 Å². The van der Waals surface area contributed by atoms with Crippen LogP contribution in [0.4, 0.5) is 0 Å². The highest BCUT2D eigenvalue weighted by Crippen LogP contribution is 2.44. The number of hydrogen-bond acceptors (Lipinski definition) is 4. The maximum absolute atomic E-state index is 13.3. The van der Waals surface area contributed by atoms with Gasteiger partial charge in [0.2, 0.25) is 5.78 Å². The molecule has 1 aromatic carbocycles. The van der Waals surface area contributed by atoms with Crippen LogP contribution in [0.1, 0.15) is 74.6 Å². The molecule has 0 spiro atoms. The lowest BCUT2D eigenvalue weighted by Crippen LogP contribution is -2.30. The Balaban J connectivity index is 1.65. The predicted octanol–water partition coefficient (Wildman–Crippen LogP) is 4.88. The minimum absolute atomic E-state index is 0.0143. The van der Waals surface area contributed by atoms with E-state index < -0.39 is 11.6 Å². The van der Waals surface area contributed by atoms with Gasteiger partial charge in [0, 0.05) is 11.5 Å². The molecule has 1 unspecified atom stereocenters. The summed E-state index contributed by atoms with van der Waals surface area (Å²) in [7, 11) is 0. The lowest BCUT2D eigenvalue weighted by Gasteiger charge is -2.30. The van der Waals surface area contributed by atoms with E-state index >= 15 is 0 Å². The molecule has 0 aromatic heterocycles. The fourth-order valence-electron chi connectivity index (χ4n) is 4.84. The number of rotatable bonds is 3. The molecule has 148 valence electrons. The zero-order valence-electron chi connectivity index (χ0n) is 16.3. The summed E-state index contributed by atoms with van der Waals surface area (Å²) in [6, 6.07) is 8.79. The number of aliphatic hydroxyl groups is 1. The molecule has 0 saturated heterocycles. The number of ketones is 1. The van der Waals surface area contributed by atoms with Gasteiger partial charge in [0.1, 0.15) is 0 Å². The van der Waals surface area contributed by atoms with Crippen molar-refractivity contribution in [1.82, 2.24) is 0 Å². The van der Waals surface area contributed by atoms with Crippen molar-refractivity contribution < 1.29 is 19.4 Å². The standard InChI is InChI=1S/C24H28O4/c25-21-20(16-24(27)14-8-3-9-15-24)18-12-6-2-7-13-19(18)22(21)28-23(26)17-10-4-1-5-11-17/h1,4-5,10-11,16,18,27H,2-3,6-9,12-15H2/b20-16-. The average molecular weight is 380 g/mol. The summed E-state index contributed by atoms with van der Waals surface area (Å²) >= 11 is 0. The Hall–Kier alpha value is -2.20. The van der Waals surface area contributed by atoms with Gasteiger partial charge in [-0.1, -0.05) is 50.3 Å². The van der Waals surface area contributed by atoms with Crippen molar-refractivity contribution in [2.24, 2.45) is 5.92 Å². The maximum atomic E-state index is 13.3. The number of carbonyl (C=O) groups is 2. The normalized spacial score (nSPS) is 26.1. The van der Waals surface area contributed by atoms with E-state index in [0.29, 0.717) is 24.0 Å². The van der Waals surface area contributed by atoms with E-state index in [1.54, 1.807) is 24.3 Å². The van der Waals surface area contributed by atoms with Crippen molar-refractivity contribution in [3.63, 3.8) is 0 Å². The molecule has 0 bridgehead atoms. The van der Waals surface area contributed by atoms with Crippen LogP contribution in [0.15, 0.2) is 53.3 Å². The van der Waals surface area contributed by atoms with Gasteiger partial charge in [-0.15, -0.1) is 0 Å². The van der Waals surface area contributed by atoms with Crippen LogP contribution < -0.4 is 0 Å². The van der Waals surface area contributed by atoms with Gasteiger partial charge in [-0.05, 0) is 55.9 Å². The molecule has 4 nitrogen and oxygen atoms in total. The summed E-state index contributed by atoms with van der Waals surface area (Å²) in [6.07, 6.45) is 11.1. The Morgan fingerprint density at radius 3 is 2.50 bits per heavy atom. The van der Waals surface area contributed by atoms with Crippen LogP contribution in [-0.2, 0) is 9.53 Å². The number of hydrogen-bond donors (Lipinski definition) is 1. The number of carbonyl (C=O) groups excluding carboxylic acids is 2. The summed E-state index contributed by atoms with van der Waals surface area (Å²) in [5.41, 5.74) is 1.14. The van der Waals surface area contributed by atoms with E-state index in [1.807, 2.05) is 12.1 Å². The first kappa shape index (κ1) is 19.1. The largest absolute Gasteiger partial charge is 0.419 e. The van der Waals surface area contributed by atoms with Crippen LogP contribution in [0.5, 0.6) is 0 Å². The third kappa shape index (κ3) is 3.83. The zero-order chi connectivity index (χ0) is 19.6. The minimum Gasteiger partial charge on any atom is -0.419 e. The van der Waals surface area contributed by atoms with Crippen LogP contribution >= 0.6 is 0 Å². The van der Waals surface area contributed by atoms with Crippen molar-refractivity contribution in [2.75, 3.05) is 0 Å². The SMILES string of the molecule is O=C1C(OC(=O)c2ccccc2)=C2CCCCCC2/C1=C/C1(O)CCCCC1. The molecule has 0 aliphatic heterocycles. The Morgan fingerprint density at radius 1 is 1.04 bits per heavy atom. The second kappa shape index (κ2) is 8.04. The predicted molar refractivity (Wildman–Crippen MR) is 107 cm³/mol. The average Bonchev–Trinajstić information content (AvgIpc) is 2.87. The molecular weight excluding hydrogens is 352 g/mol. The third-order valence-corrected chi connectivity index (χ3v) is 6.34. The van der Waals surface area contributed by atoms with Crippen molar-refractivity contribution in [2.45, 2.75) is 69.8 Å². The van der Waals surface area contributed by atoms with E-state index in [1.165, 1.54) is 0 Å². The number of Topliss-reactive ketones (excluding diaryl/α,β-unsaturated/α-hetero) is 1. The fourth-order valence-corrected chi connectivity index (χ4v) is 4.84. The molecule has 28 heavy (non-hydrogen) atoms. The highest BCUT2D eigenvalue weighted by Gasteiger charge is 2.42. The summed E-state index contributed by atoms with van der Waals surface area (Å²) in [4.78, 5) is 25.8. The number of ether oxygens (including phenoxy) is 1. The molecule has 1 atom stereocenters. The Kier molecular flexibility index (Phi) is 5.49. The molecule has 3 aliphatic carbocycles. The van der Waals surface area contributed by atoms with Crippen molar-refractivity contribution in [3.05, 3.63) is 58.9 Å². The van der Waals surface area contributed by atoms with E-state index in [9.17, 15) is 14.7 Å². The first-order valence-corrected chi connectivity index (χ1v) is 10.6. The maximum Gasteiger partial charge on any atom is 0.343 e. The van der Waals surface area contributed by atoms with Gasteiger partial charge in [-0.25, -0.2) is 4.79 Å². The lowest BCUT2D eigenvalue weighted by molar-refractivity contribution is -0.114. The van der Waals surface area contributed by atoms with Gasteiger partial charge in [-0.3, -0.25) is 4.79 Å². The fraction of sp³-hybridized carbons (Fsp3) is 0.500. The Morgan fingerprint density at radius 2 is 1.75 bits per heavy atom. The van der Waals surface area contributed by atoms with E-state index in [0.717, 1.165) is 56.9 Å². The Labute approximate surface area is 166 Å². The molecule has 4 rings (SSSR count). The van der Waals surface area contributed by atoms with Crippen molar-refractivity contribution >= 4 is 11.8 Å². The van der Waals surface area contributed by atoms with E-state index in [4.69, 9.17) is 4.74 Å². The molecule has 2 fully saturated rings. The van der Waals surface area contributed by atoms with E-state index in [2.05, 4.69) is 0 Å². The highest BCUT2D eigenvalue weighted by molar-refractivity contribution is 6.13. The van der Waals surface area contributed by atoms with Gasteiger partial charge < -0.3 is 9.84 Å². The van der Waals surface area contributed by atoms with Crippen molar-refractivity contribution in [3.8, 4) is 0 Å². The van der Waals surface area contributed by atoms with Crippen LogP contribution in [0, 0.1) is 5.92 Å². The molecule has 0 radical (unpaired) electrons. The van der Waals surface area contributed by atoms with Crippen LogP contribution in [0.2, 0.25) is 0 Å². The summed E-state index contributed by atoms with van der Waals surface area (Å²) in [6.45, 7) is 0. The summed E-state index contributed by atoms with van der Waals surface area (Å²) in [5.74, 6) is -0.492. The molecule has 4 heteroatoms. The molecule has 0 amide bonds. The van der Waals surface area contributed by atoms with Gasteiger partial charge in [0.25, 0.3) is 0 Å². The van der Waals surface area contributed by atoms with E-state index in [-0.39, 0.29) is 17.5 Å². The summed E-state index contributed by atoms with van der Waals surface area (Å²) in [5, 5.41) is 11.0. The number of fused-ring (bicyclic) bond motifs is 1. The second-order valence-electron chi connectivity index (χ2n) is 8.35. The quantitative estimate of drug-likeness (QED) is 0.599. The highest BCUT2D eigenvalue weighted by atomic mass is 16.5. The monoisotopic (exact) mass is 380 g/mol. The molecule has 0 heterocycles. The van der Waals surface area contributed by atoms with Gasteiger partial charge in [0.15, 0.2) is 5.76 Å². The first-order chi connectivity index (χ1) is 13.6. The van der Waals surface area contributed by atoms with Gasteiger partial charge >= 0.3 is 5.97 Å². The molecular formula is C24H28O4. The summed E-state index contributed by atoms with van der Waals surface area (Å²) < 4.78 is 5.66. The third-order valence-electron chi connectivity index (χ3n) is 6.34. The van der Waals surface area contributed by atoms with Crippen LogP contribution in [0.3, 0.4) is 0 Å². The van der Waals surface area contributed by atoms with Gasteiger partial charge in [-0.2, -0.15) is 0 Å². The molecule has 1 aromatic rings. The number of allylic oxidation sites excluding steroid dienone is 2. The molecule has 3 aliphatic rings. The molecule has 2 saturated carbocycles. The number of esters is 1. The number of benzene rings is 1.